The molecule has 0 aliphatic rings. The minimum Gasteiger partial charge on any atom is -0.458 e. The van der Waals surface area contributed by atoms with Gasteiger partial charge in [0, 0.05) is 6.42 Å². The highest BCUT2D eigenvalue weighted by Crippen LogP contribution is 2.28. The quantitative estimate of drug-likeness (QED) is 0.317. The summed E-state index contributed by atoms with van der Waals surface area (Å²) in [6.07, 6.45) is -0.665. The Bertz CT molecular complexity index is 1280. The minimum atomic E-state index is -1.28. The number of carbonyl (C=O) groups excluding carboxylic acids is 4. The SMILES string of the molecule is Cc1cccc(C)c1C(C(=O)NC(Cc1ccccc1)C(=O)OC(C)(C)C)N(CC#N)C(=O)CNC(=O)OC(C)(C)C. The van der Waals surface area contributed by atoms with Crippen LogP contribution in [0.5, 0.6) is 0 Å². The van der Waals surface area contributed by atoms with E-state index in [1.54, 1.807) is 67.5 Å². The van der Waals surface area contributed by atoms with Crippen molar-refractivity contribution in [2.75, 3.05) is 13.1 Å². The van der Waals surface area contributed by atoms with E-state index in [-0.39, 0.29) is 6.42 Å². The van der Waals surface area contributed by atoms with Crippen LogP contribution in [0.15, 0.2) is 48.5 Å². The third kappa shape index (κ3) is 10.5. The first-order valence-electron chi connectivity index (χ1n) is 13.8. The number of ether oxygens (including phenoxy) is 2. The average molecular weight is 579 g/mol. The van der Waals surface area contributed by atoms with Crippen LogP contribution in [0, 0.1) is 25.2 Å². The first kappa shape index (κ1) is 33.8. The molecule has 0 aromatic heterocycles. The lowest BCUT2D eigenvalue weighted by atomic mass is 9.93. The van der Waals surface area contributed by atoms with Gasteiger partial charge < -0.3 is 25.0 Å². The predicted molar refractivity (Wildman–Crippen MR) is 158 cm³/mol. The highest BCUT2D eigenvalue weighted by Gasteiger charge is 2.37. The summed E-state index contributed by atoms with van der Waals surface area (Å²) in [5, 5.41) is 14.9. The molecule has 0 saturated heterocycles. The van der Waals surface area contributed by atoms with Crippen LogP contribution < -0.4 is 10.6 Å². The van der Waals surface area contributed by atoms with Crippen molar-refractivity contribution in [3.05, 3.63) is 70.8 Å². The van der Waals surface area contributed by atoms with Crippen LogP contribution in [0.4, 0.5) is 4.79 Å². The van der Waals surface area contributed by atoms with Gasteiger partial charge in [-0.15, -0.1) is 0 Å². The van der Waals surface area contributed by atoms with Gasteiger partial charge in [-0.25, -0.2) is 9.59 Å². The van der Waals surface area contributed by atoms with Gasteiger partial charge in [-0.05, 0) is 77.6 Å². The largest absolute Gasteiger partial charge is 0.458 e. The lowest BCUT2D eigenvalue weighted by Gasteiger charge is -2.33. The zero-order chi connectivity index (χ0) is 31.7. The monoisotopic (exact) mass is 578 g/mol. The average Bonchev–Trinajstić information content (AvgIpc) is 2.86. The lowest BCUT2D eigenvalue weighted by Crippen LogP contribution is -2.52. The van der Waals surface area contributed by atoms with Crippen molar-refractivity contribution in [1.82, 2.24) is 15.5 Å². The van der Waals surface area contributed by atoms with Gasteiger partial charge in [-0.3, -0.25) is 9.59 Å². The van der Waals surface area contributed by atoms with Crippen LogP contribution in [0.3, 0.4) is 0 Å². The lowest BCUT2D eigenvalue weighted by molar-refractivity contribution is -0.159. The van der Waals surface area contributed by atoms with Gasteiger partial charge in [0.1, 0.15) is 36.4 Å². The number of amides is 3. The number of nitriles is 1. The molecule has 2 unspecified atom stereocenters. The third-order valence-corrected chi connectivity index (χ3v) is 6.01. The summed E-state index contributed by atoms with van der Waals surface area (Å²) in [5.74, 6) is -1.98. The van der Waals surface area contributed by atoms with E-state index in [4.69, 9.17) is 9.47 Å². The van der Waals surface area contributed by atoms with Crippen molar-refractivity contribution in [2.45, 2.75) is 85.1 Å². The van der Waals surface area contributed by atoms with Gasteiger partial charge in [-0.1, -0.05) is 48.5 Å². The van der Waals surface area contributed by atoms with Crippen molar-refractivity contribution in [2.24, 2.45) is 0 Å². The topological polar surface area (TPSA) is 138 Å². The summed E-state index contributed by atoms with van der Waals surface area (Å²) < 4.78 is 10.8. The maximum absolute atomic E-state index is 14.1. The van der Waals surface area contributed by atoms with E-state index in [1.165, 1.54) is 0 Å². The molecule has 0 fully saturated rings. The number of benzene rings is 2. The van der Waals surface area contributed by atoms with Gasteiger partial charge in [0.05, 0.1) is 6.07 Å². The van der Waals surface area contributed by atoms with E-state index in [9.17, 15) is 24.4 Å². The van der Waals surface area contributed by atoms with Crippen molar-refractivity contribution in [1.29, 1.82) is 5.26 Å². The van der Waals surface area contributed by atoms with Crippen molar-refractivity contribution in [3.8, 4) is 6.07 Å². The number of hydrogen-bond donors (Lipinski definition) is 2. The maximum atomic E-state index is 14.1. The van der Waals surface area contributed by atoms with Crippen LogP contribution in [0.25, 0.3) is 0 Å². The molecule has 0 saturated carbocycles. The predicted octanol–water partition coefficient (Wildman–Crippen LogP) is 4.29. The van der Waals surface area contributed by atoms with E-state index in [0.29, 0.717) is 16.7 Å². The summed E-state index contributed by atoms with van der Waals surface area (Å²) >= 11 is 0. The first-order chi connectivity index (χ1) is 19.5. The summed E-state index contributed by atoms with van der Waals surface area (Å²) in [6, 6.07) is 14.2. The van der Waals surface area contributed by atoms with E-state index < -0.39 is 60.3 Å². The Hall–Kier alpha value is -4.39. The van der Waals surface area contributed by atoms with Crippen LogP contribution in [-0.4, -0.2) is 59.1 Å². The maximum Gasteiger partial charge on any atom is 0.408 e. The number of rotatable bonds is 10. The summed E-state index contributed by atoms with van der Waals surface area (Å²) in [6.45, 7) is 12.9. The van der Waals surface area contributed by atoms with Gasteiger partial charge in [0.15, 0.2) is 0 Å². The molecule has 226 valence electrons. The molecule has 0 radical (unpaired) electrons. The first-order valence-corrected chi connectivity index (χ1v) is 13.8. The molecular formula is C32H42N4O6. The second kappa shape index (κ2) is 14.5. The Morgan fingerprint density at radius 2 is 1.45 bits per heavy atom. The van der Waals surface area contributed by atoms with Gasteiger partial charge in [0.2, 0.25) is 11.8 Å². The van der Waals surface area contributed by atoms with E-state index in [2.05, 4.69) is 10.6 Å². The molecule has 0 spiro atoms. The number of esters is 1. The Kier molecular flexibility index (Phi) is 11.7. The Balaban J connectivity index is 2.50. The van der Waals surface area contributed by atoms with Gasteiger partial charge in [0.25, 0.3) is 0 Å². The van der Waals surface area contributed by atoms with Crippen molar-refractivity contribution < 1.29 is 28.7 Å². The molecule has 0 heterocycles. The number of carbonyl (C=O) groups is 4. The molecule has 0 aliphatic heterocycles. The third-order valence-electron chi connectivity index (χ3n) is 6.01. The summed E-state index contributed by atoms with van der Waals surface area (Å²) in [5.41, 5.74) is 1.14. The minimum absolute atomic E-state index is 0.146. The van der Waals surface area contributed by atoms with E-state index >= 15 is 0 Å². The van der Waals surface area contributed by atoms with Crippen LogP contribution in [0.2, 0.25) is 0 Å². The number of alkyl carbamates (subject to hydrolysis) is 1. The summed E-state index contributed by atoms with van der Waals surface area (Å²) in [7, 11) is 0. The number of aryl methyl sites for hydroxylation is 2. The highest BCUT2D eigenvalue weighted by molar-refractivity contribution is 5.93. The summed E-state index contributed by atoms with van der Waals surface area (Å²) in [4.78, 5) is 54.2. The normalized spacial score (nSPS) is 12.7. The molecule has 2 rings (SSSR count). The molecule has 0 aliphatic carbocycles. The standard InChI is InChI=1S/C32H42N4O6/c1-21-13-12-14-22(2)26(21)27(36(18-17-33)25(37)20-34-30(40)42-32(6,7)8)28(38)35-24(29(39)41-31(3,4)5)19-23-15-10-9-11-16-23/h9-16,24,27H,18-20H2,1-8H3,(H,34,40)(H,35,38). The molecule has 0 bridgehead atoms. The molecule has 2 atom stereocenters. The van der Waals surface area contributed by atoms with Gasteiger partial charge in [-0.2, -0.15) is 5.26 Å². The number of nitrogens with zero attached hydrogens (tertiary/aromatic N) is 2. The zero-order valence-electron chi connectivity index (χ0n) is 25.7. The highest BCUT2D eigenvalue weighted by atomic mass is 16.6. The second-order valence-corrected chi connectivity index (χ2v) is 12.0. The fraction of sp³-hybridized carbons (Fsp3) is 0.469. The second-order valence-electron chi connectivity index (χ2n) is 12.0. The molecule has 2 aromatic carbocycles. The molecule has 42 heavy (non-hydrogen) atoms. The molecule has 10 heteroatoms. The molecule has 2 aromatic rings. The smallest absolute Gasteiger partial charge is 0.408 e. The molecule has 2 N–H and O–H groups in total. The van der Waals surface area contributed by atoms with Crippen LogP contribution >= 0.6 is 0 Å². The van der Waals surface area contributed by atoms with Gasteiger partial charge >= 0.3 is 12.1 Å². The van der Waals surface area contributed by atoms with E-state index in [0.717, 1.165) is 10.5 Å². The fourth-order valence-electron chi connectivity index (χ4n) is 4.32. The van der Waals surface area contributed by atoms with Crippen molar-refractivity contribution in [3.63, 3.8) is 0 Å². The Morgan fingerprint density at radius 3 is 1.98 bits per heavy atom. The zero-order valence-corrected chi connectivity index (χ0v) is 25.7. The molecule has 10 nitrogen and oxygen atoms in total. The fourth-order valence-corrected chi connectivity index (χ4v) is 4.32. The molecule has 3 amide bonds. The Labute approximate surface area is 248 Å². The van der Waals surface area contributed by atoms with Crippen molar-refractivity contribution >= 4 is 23.9 Å². The number of hydrogen-bond acceptors (Lipinski definition) is 7. The number of nitrogens with one attached hydrogen (secondary N) is 2. The molecular weight excluding hydrogens is 536 g/mol. The van der Waals surface area contributed by atoms with E-state index in [1.807, 2.05) is 42.5 Å². The van der Waals surface area contributed by atoms with Crippen LogP contribution in [-0.2, 0) is 30.3 Å². The van der Waals surface area contributed by atoms with Crippen LogP contribution in [0.1, 0.15) is 69.8 Å². The Morgan fingerprint density at radius 1 is 0.881 bits per heavy atom.